The van der Waals surface area contributed by atoms with Gasteiger partial charge in [0, 0.05) is 76.1 Å². The molecule has 13 amide bonds. The normalized spacial score (nSPS) is 28.6. The van der Waals surface area contributed by atoms with Crippen molar-refractivity contribution in [3.8, 4) is 0 Å². The number of ether oxygens (including phenoxy) is 1. The van der Waals surface area contributed by atoms with Gasteiger partial charge in [0.2, 0.25) is 76.8 Å². The average Bonchev–Trinajstić information content (AvgIpc) is 0.820. The maximum Gasteiger partial charge on any atom is 0.248 e. The SMILES string of the molecule is CC[C@H]1C(=O)N(C)[C@@H](CC2CCCCC2)C(=O)N[C@@H](C)C(=O)N(C)[C@@H](CC(C)C)C(=O)N(C)[C@@H](CC(C)C)C(=O)N[C@@H]([C@@H](C)O)C(=O)N(CCC2CCC(C(=O)NC)C(OC)C2)CC(=O)N(C)[C@@H](CC(C)C)C(=O)N[C@H](C(=O)N2CCCCC2)CC(=O)N(C)[C@@H](C(C)C)C(=O)N[C@@H](CC(C)C)C(=O)N1C. The minimum absolute atomic E-state index is 0.0385. The first kappa shape index (κ1) is 90.4. The Morgan fingerprint density at radius 1 is 0.533 bits per heavy atom. The third kappa shape index (κ3) is 25.6. The molecule has 598 valence electrons. The Bertz CT molecular complexity index is 2930. The standard InChI is InChI=1S/C77H135N13O15/c1-22-57-75(102)86(18)60(41-52-29-25-23-26-30-52)68(95)79-50(12)72(99)87(19)61(40-48(8)9)76(103)85(17)59(39-47(6)7)70(97)82-65(51(13)91)77(104)90(36-33-53-31-32-54(67(94)78-14)62(42-53)105-21)44-64(93)83(15)58(38-46(4)5)69(96)80-56(74(101)89-34-27-24-28-35-89)43-63(92)88(20)66(49(10)11)71(98)81-55(37-45(2)3)73(100)84(57)16/h45-62,65-66,91H,22-44H2,1-21H3,(H,78,94)(H,79,95)(H,80,96)(H,81,98)(H,82,97)/t50-,51+,53?,54?,55-,56-,57-,58-,59-,60-,61-,62?,65-,66-/m0/s1. The number of hydrogen-bond acceptors (Lipinski definition) is 15. The lowest BCUT2D eigenvalue weighted by Crippen LogP contribution is -2.62. The Morgan fingerprint density at radius 2 is 1.04 bits per heavy atom. The summed E-state index contributed by atoms with van der Waals surface area (Å²) >= 11 is 0. The molecule has 14 atom stereocenters. The number of piperidine rings is 1. The van der Waals surface area contributed by atoms with Gasteiger partial charge in [-0.15, -0.1) is 0 Å². The Kier molecular flexibility index (Phi) is 36.6. The number of carbonyl (C=O) groups is 13. The number of methoxy groups -OCH3 is 1. The molecule has 6 N–H and O–H groups in total. The first-order chi connectivity index (χ1) is 49.2. The predicted octanol–water partition coefficient (Wildman–Crippen LogP) is 4.32. The molecule has 0 bridgehead atoms. The number of aliphatic hydroxyl groups excluding tert-OH is 1. The Labute approximate surface area is 626 Å². The Balaban J connectivity index is 1.97. The molecule has 2 saturated carbocycles. The van der Waals surface area contributed by atoms with Gasteiger partial charge in [-0.2, -0.15) is 0 Å². The van der Waals surface area contributed by atoms with E-state index in [1.165, 1.54) is 97.5 Å². The maximum absolute atomic E-state index is 15.5. The number of carbonyl (C=O) groups excluding carboxylic acids is 13. The van der Waals surface area contributed by atoms with Crippen LogP contribution < -0.4 is 26.6 Å². The summed E-state index contributed by atoms with van der Waals surface area (Å²) in [6.07, 6.45) is 6.42. The van der Waals surface area contributed by atoms with E-state index in [-0.39, 0.29) is 92.9 Å². The van der Waals surface area contributed by atoms with Gasteiger partial charge in [-0.1, -0.05) is 108 Å². The first-order valence-electron chi connectivity index (χ1n) is 39.0. The van der Waals surface area contributed by atoms with Crippen molar-refractivity contribution in [1.29, 1.82) is 0 Å². The summed E-state index contributed by atoms with van der Waals surface area (Å²) in [5.74, 6) is -10.3. The van der Waals surface area contributed by atoms with E-state index in [0.717, 1.165) is 38.5 Å². The minimum atomic E-state index is -1.71. The molecule has 4 rings (SSSR count). The van der Waals surface area contributed by atoms with E-state index in [4.69, 9.17) is 4.74 Å². The lowest BCUT2D eigenvalue weighted by atomic mass is 9.78. The molecule has 4 aliphatic rings. The van der Waals surface area contributed by atoms with Gasteiger partial charge in [0.15, 0.2) is 0 Å². The fourth-order valence-electron chi connectivity index (χ4n) is 15.7. The number of aliphatic hydroxyl groups is 1. The largest absolute Gasteiger partial charge is 0.391 e. The predicted molar refractivity (Wildman–Crippen MR) is 401 cm³/mol. The zero-order chi connectivity index (χ0) is 79.2. The first-order valence-corrected chi connectivity index (χ1v) is 39.0. The Morgan fingerprint density at radius 3 is 1.57 bits per heavy atom. The topological polar surface area (TPSA) is 337 Å². The van der Waals surface area contributed by atoms with Crippen LogP contribution in [0.15, 0.2) is 0 Å². The fourth-order valence-corrected chi connectivity index (χ4v) is 15.7. The monoisotopic (exact) mass is 1480 g/mol. The van der Waals surface area contributed by atoms with Crippen molar-refractivity contribution in [2.75, 3.05) is 82.6 Å². The van der Waals surface area contributed by atoms with Crippen LogP contribution in [0.5, 0.6) is 0 Å². The second-order valence-electron chi connectivity index (χ2n) is 32.6. The second kappa shape index (κ2) is 42.5. The number of likely N-dealkylation sites (tertiary alicyclic amines) is 1. The van der Waals surface area contributed by atoms with Gasteiger partial charge in [0.1, 0.15) is 60.4 Å². The highest BCUT2D eigenvalue weighted by atomic mass is 16.5. The molecule has 28 heteroatoms. The van der Waals surface area contributed by atoms with E-state index in [1.54, 1.807) is 32.7 Å². The third-order valence-corrected chi connectivity index (χ3v) is 22.1. The molecular formula is C77H135N13O15. The number of nitrogens with one attached hydrogen (secondary N) is 5. The highest BCUT2D eigenvalue weighted by Crippen LogP contribution is 2.34. The van der Waals surface area contributed by atoms with Crippen LogP contribution >= 0.6 is 0 Å². The van der Waals surface area contributed by atoms with Crippen molar-refractivity contribution >= 4 is 76.8 Å². The quantitative estimate of drug-likeness (QED) is 0.105. The summed E-state index contributed by atoms with van der Waals surface area (Å²) in [4.78, 5) is 204. The Hall–Kier alpha value is -6.97. The fraction of sp³-hybridized carbons (Fsp3) is 0.831. The molecule has 0 aromatic rings. The smallest absolute Gasteiger partial charge is 0.248 e. The molecule has 0 aromatic heterocycles. The molecule has 2 aliphatic heterocycles. The summed E-state index contributed by atoms with van der Waals surface area (Å²) in [6.45, 7) is 22.8. The lowest BCUT2D eigenvalue weighted by Gasteiger charge is -2.39. The molecule has 105 heavy (non-hydrogen) atoms. The van der Waals surface area contributed by atoms with Crippen LogP contribution in [0.2, 0.25) is 0 Å². The number of nitrogens with zero attached hydrogens (tertiary/aromatic N) is 8. The molecule has 0 aromatic carbocycles. The molecule has 0 radical (unpaired) electrons. The molecule has 2 saturated heterocycles. The van der Waals surface area contributed by atoms with Crippen LogP contribution in [-0.2, 0) is 67.1 Å². The zero-order valence-electron chi connectivity index (χ0n) is 67.6. The van der Waals surface area contributed by atoms with Crippen LogP contribution in [-0.4, -0.2) is 276 Å². The number of amides is 13. The van der Waals surface area contributed by atoms with Crippen LogP contribution in [0, 0.1) is 47.3 Å². The highest BCUT2D eigenvalue weighted by Gasteiger charge is 2.45. The van der Waals surface area contributed by atoms with Gasteiger partial charge in [-0.05, 0) is 139 Å². The van der Waals surface area contributed by atoms with E-state index in [2.05, 4.69) is 26.6 Å². The van der Waals surface area contributed by atoms with Crippen molar-refractivity contribution in [2.45, 2.75) is 285 Å². The van der Waals surface area contributed by atoms with Crippen LogP contribution in [0.4, 0.5) is 0 Å². The van der Waals surface area contributed by atoms with Gasteiger partial charge < -0.3 is 75.6 Å². The summed E-state index contributed by atoms with van der Waals surface area (Å²) in [6, 6.07) is -13.0. The molecule has 0 spiro atoms. The molecule has 4 fully saturated rings. The summed E-state index contributed by atoms with van der Waals surface area (Å²) in [5.41, 5.74) is 0. The highest BCUT2D eigenvalue weighted by molar-refractivity contribution is 6.00. The molecule has 2 aliphatic carbocycles. The molecule has 3 unspecified atom stereocenters. The van der Waals surface area contributed by atoms with Crippen LogP contribution in [0.3, 0.4) is 0 Å². The zero-order valence-corrected chi connectivity index (χ0v) is 67.6. The van der Waals surface area contributed by atoms with E-state index in [1.807, 2.05) is 55.4 Å². The van der Waals surface area contributed by atoms with Gasteiger partial charge in [0.05, 0.1) is 31.1 Å². The van der Waals surface area contributed by atoms with Crippen molar-refractivity contribution in [2.24, 2.45) is 47.3 Å². The van der Waals surface area contributed by atoms with Crippen molar-refractivity contribution in [3.05, 3.63) is 0 Å². The average molecular weight is 1480 g/mol. The molecule has 2 heterocycles. The van der Waals surface area contributed by atoms with Gasteiger partial charge >= 0.3 is 0 Å². The van der Waals surface area contributed by atoms with Crippen LogP contribution in [0.1, 0.15) is 212 Å². The maximum atomic E-state index is 15.5. The van der Waals surface area contributed by atoms with Crippen molar-refractivity contribution in [3.63, 3.8) is 0 Å². The van der Waals surface area contributed by atoms with Gasteiger partial charge in [-0.3, -0.25) is 62.3 Å². The van der Waals surface area contributed by atoms with Gasteiger partial charge in [-0.25, -0.2) is 0 Å². The van der Waals surface area contributed by atoms with E-state index in [0.29, 0.717) is 45.2 Å². The molecular weight excluding hydrogens is 1350 g/mol. The lowest BCUT2D eigenvalue weighted by molar-refractivity contribution is -0.152. The van der Waals surface area contributed by atoms with E-state index < -0.39 is 168 Å². The van der Waals surface area contributed by atoms with E-state index in [9.17, 15) is 29.1 Å². The van der Waals surface area contributed by atoms with E-state index >= 15 is 38.4 Å². The van der Waals surface area contributed by atoms with Crippen molar-refractivity contribution < 1.29 is 72.2 Å². The molecule has 28 nitrogen and oxygen atoms in total. The summed E-state index contributed by atoms with van der Waals surface area (Å²) in [7, 11) is 11.8. The second-order valence-corrected chi connectivity index (χ2v) is 32.6. The van der Waals surface area contributed by atoms with Crippen molar-refractivity contribution in [1.82, 2.24) is 65.8 Å². The number of likely N-dealkylation sites (N-methyl/N-ethyl adjacent to an activating group) is 6. The van der Waals surface area contributed by atoms with Gasteiger partial charge in [0.25, 0.3) is 0 Å². The number of rotatable bonds is 19. The minimum Gasteiger partial charge on any atom is -0.391 e. The number of hydrogen-bond donors (Lipinski definition) is 6. The van der Waals surface area contributed by atoms with Crippen LogP contribution in [0.25, 0.3) is 0 Å². The third-order valence-electron chi connectivity index (χ3n) is 22.1. The summed E-state index contributed by atoms with van der Waals surface area (Å²) in [5, 5.41) is 25.8. The summed E-state index contributed by atoms with van der Waals surface area (Å²) < 4.78 is 5.82.